The first kappa shape index (κ1) is 29.4. The fraction of sp³-hybridized carbons (Fsp3) is 0.226. The number of nitrogens with one attached hydrogen (secondary N) is 1. The Labute approximate surface area is 238 Å². The van der Waals surface area contributed by atoms with Gasteiger partial charge in [-0.2, -0.15) is 0 Å². The highest BCUT2D eigenvalue weighted by atomic mass is 32.2. The smallest absolute Gasteiger partial charge is 0.314 e. The molecule has 0 fully saturated rings. The van der Waals surface area contributed by atoms with Crippen molar-refractivity contribution >= 4 is 38.4 Å². The Hall–Kier alpha value is -4.57. The van der Waals surface area contributed by atoms with Gasteiger partial charge in [-0.1, -0.05) is 42.5 Å². The van der Waals surface area contributed by atoms with Crippen LogP contribution in [-0.4, -0.2) is 44.3 Å². The van der Waals surface area contributed by atoms with E-state index in [0.29, 0.717) is 55.8 Å². The average molecular weight is 578 g/mol. The van der Waals surface area contributed by atoms with Crippen LogP contribution in [0.1, 0.15) is 33.7 Å². The minimum atomic E-state index is -4.10. The molecule has 0 aliphatic carbocycles. The van der Waals surface area contributed by atoms with E-state index in [4.69, 9.17) is 9.47 Å². The summed E-state index contributed by atoms with van der Waals surface area (Å²) in [6, 6.07) is 18.6. The first-order valence-corrected chi connectivity index (χ1v) is 14.3. The number of methoxy groups -OCH3 is 1. The van der Waals surface area contributed by atoms with Gasteiger partial charge in [-0.3, -0.25) is 14.3 Å². The lowest BCUT2D eigenvalue weighted by Crippen LogP contribution is -2.20. The van der Waals surface area contributed by atoms with Crippen LogP contribution in [-0.2, 0) is 26.0 Å². The van der Waals surface area contributed by atoms with Crippen molar-refractivity contribution in [3.05, 3.63) is 94.5 Å². The van der Waals surface area contributed by atoms with Gasteiger partial charge in [-0.25, -0.2) is 8.42 Å². The summed E-state index contributed by atoms with van der Waals surface area (Å²) in [6.45, 7) is 4.90. The Morgan fingerprint density at radius 2 is 1.56 bits per heavy atom. The molecule has 0 saturated heterocycles. The number of ether oxygens (including phenoxy) is 2. The number of rotatable bonds is 11. The van der Waals surface area contributed by atoms with Crippen molar-refractivity contribution in [1.82, 2.24) is 0 Å². The molecule has 0 aliphatic heterocycles. The molecule has 0 bridgehead atoms. The molecule has 4 rings (SSSR count). The molecular formula is C31H31NO8S. The maximum absolute atomic E-state index is 13.6. The number of carbonyl (C=O) groups is 2. The van der Waals surface area contributed by atoms with E-state index in [1.165, 1.54) is 7.11 Å². The third-order valence-corrected chi connectivity index (χ3v) is 8.66. The molecule has 0 saturated carbocycles. The number of fused-ring (bicyclic) bond motifs is 1. The molecule has 0 amide bonds. The van der Waals surface area contributed by atoms with E-state index in [2.05, 4.69) is 4.72 Å². The van der Waals surface area contributed by atoms with Crippen LogP contribution >= 0.6 is 0 Å². The van der Waals surface area contributed by atoms with E-state index in [1.54, 1.807) is 87.5 Å². The largest absolute Gasteiger partial charge is 0.497 e. The highest BCUT2D eigenvalue weighted by molar-refractivity contribution is 7.92. The third-order valence-electron chi connectivity index (χ3n) is 7.01. The van der Waals surface area contributed by atoms with Crippen molar-refractivity contribution in [3.63, 3.8) is 0 Å². The van der Waals surface area contributed by atoms with Gasteiger partial charge >= 0.3 is 11.9 Å². The first-order chi connectivity index (χ1) is 19.4. The fourth-order valence-electron chi connectivity index (χ4n) is 5.04. The lowest BCUT2D eigenvalue weighted by molar-refractivity contribution is -0.139. The van der Waals surface area contributed by atoms with E-state index >= 15 is 0 Å². The summed E-state index contributed by atoms with van der Waals surface area (Å²) in [5, 5.41) is 20.3. The van der Waals surface area contributed by atoms with Gasteiger partial charge in [0, 0.05) is 10.8 Å². The first-order valence-electron chi connectivity index (χ1n) is 12.8. The van der Waals surface area contributed by atoms with Gasteiger partial charge in [0.1, 0.15) is 24.0 Å². The highest BCUT2D eigenvalue weighted by Crippen LogP contribution is 2.35. The van der Waals surface area contributed by atoms with E-state index in [-0.39, 0.29) is 17.9 Å². The monoisotopic (exact) mass is 577 g/mol. The highest BCUT2D eigenvalue weighted by Gasteiger charge is 2.25. The second-order valence-electron chi connectivity index (χ2n) is 9.75. The van der Waals surface area contributed by atoms with Crippen LogP contribution in [0.4, 0.5) is 5.69 Å². The SMILES string of the molecule is COc1ccc(C(COc2ccc(NS(=O)(=O)c3c(C)cc(C)c(CC(=O)O)c3C)c3ccccc23)C(=O)O)cc1. The number of hydrogen-bond donors (Lipinski definition) is 3. The molecule has 0 aromatic heterocycles. The molecule has 0 heterocycles. The van der Waals surface area contributed by atoms with Gasteiger partial charge in [0.15, 0.2) is 0 Å². The summed E-state index contributed by atoms with van der Waals surface area (Å²) >= 11 is 0. The summed E-state index contributed by atoms with van der Waals surface area (Å²) < 4.78 is 41.1. The number of carboxylic acid groups (broad SMARTS) is 2. The van der Waals surface area contributed by atoms with E-state index in [0.717, 1.165) is 0 Å². The van der Waals surface area contributed by atoms with Gasteiger partial charge in [-0.05, 0) is 72.9 Å². The predicted molar refractivity (Wildman–Crippen MR) is 156 cm³/mol. The van der Waals surface area contributed by atoms with E-state index in [1.807, 2.05) is 0 Å². The van der Waals surface area contributed by atoms with Crippen molar-refractivity contribution in [2.75, 3.05) is 18.4 Å². The number of aryl methyl sites for hydroxylation is 2. The van der Waals surface area contributed by atoms with Crippen molar-refractivity contribution in [2.45, 2.75) is 38.0 Å². The van der Waals surface area contributed by atoms with Crippen molar-refractivity contribution in [3.8, 4) is 11.5 Å². The zero-order chi connectivity index (χ0) is 29.9. The van der Waals surface area contributed by atoms with Crippen LogP contribution in [0.15, 0.2) is 71.6 Å². The van der Waals surface area contributed by atoms with Gasteiger partial charge in [0.2, 0.25) is 0 Å². The Balaban J connectivity index is 1.67. The lowest BCUT2D eigenvalue weighted by atomic mass is 9.97. The number of sulfonamides is 1. The zero-order valence-electron chi connectivity index (χ0n) is 23.1. The predicted octanol–water partition coefficient (Wildman–Crippen LogP) is 5.45. The normalized spacial score (nSPS) is 12.1. The third kappa shape index (κ3) is 6.28. The van der Waals surface area contributed by atoms with Crippen LogP contribution < -0.4 is 14.2 Å². The van der Waals surface area contributed by atoms with Crippen LogP contribution in [0.2, 0.25) is 0 Å². The molecule has 1 atom stereocenters. The topological polar surface area (TPSA) is 139 Å². The number of anilines is 1. The molecule has 4 aromatic rings. The van der Waals surface area contributed by atoms with E-state index < -0.39 is 27.9 Å². The second-order valence-corrected chi connectivity index (χ2v) is 11.4. The molecule has 10 heteroatoms. The van der Waals surface area contributed by atoms with Gasteiger partial charge in [0.25, 0.3) is 10.0 Å². The number of hydrogen-bond acceptors (Lipinski definition) is 6. The average Bonchev–Trinajstić information content (AvgIpc) is 2.91. The summed E-state index contributed by atoms with van der Waals surface area (Å²) in [5.74, 6) is -2.03. The van der Waals surface area contributed by atoms with Crippen LogP contribution in [0.3, 0.4) is 0 Å². The molecule has 41 heavy (non-hydrogen) atoms. The maximum atomic E-state index is 13.6. The van der Waals surface area contributed by atoms with Gasteiger partial charge in [-0.15, -0.1) is 0 Å². The maximum Gasteiger partial charge on any atom is 0.314 e. The van der Waals surface area contributed by atoms with Gasteiger partial charge < -0.3 is 19.7 Å². The number of aliphatic carboxylic acids is 2. The van der Waals surface area contributed by atoms with Crippen molar-refractivity contribution in [1.29, 1.82) is 0 Å². The van der Waals surface area contributed by atoms with Crippen LogP contribution in [0, 0.1) is 20.8 Å². The summed E-state index contributed by atoms with van der Waals surface area (Å²) in [6.07, 6.45) is -0.288. The standard InChI is InChI=1S/C31H31NO8S/c1-18-15-19(2)30(20(3)25(18)16-29(33)34)41(37,38)32-27-13-14-28(24-8-6-5-7-23(24)27)40-17-26(31(35)36)21-9-11-22(39-4)12-10-21/h5-15,26,32H,16-17H2,1-4H3,(H,33,34)(H,35,36). The molecule has 4 aromatic carbocycles. The number of carboxylic acids is 2. The van der Waals surface area contributed by atoms with Crippen LogP contribution in [0.5, 0.6) is 11.5 Å². The summed E-state index contributed by atoms with van der Waals surface area (Å²) in [4.78, 5) is 23.5. The van der Waals surface area contributed by atoms with Crippen molar-refractivity contribution in [2.24, 2.45) is 0 Å². The minimum Gasteiger partial charge on any atom is -0.497 e. The Morgan fingerprint density at radius 1 is 0.902 bits per heavy atom. The molecule has 1 unspecified atom stereocenters. The fourth-order valence-corrected chi connectivity index (χ4v) is 6.62. The van der Waals surface area contributed by atoms with Gasteiger partial charge in [0.05, 0.1) is 24.1 Å². The van der Waals surface area contributed by atoms with E-state index in [9.17, 15) is 28.2 Å². The minimum absolute atomic E-state index is 0.0348. The Morgan fingerprint density at radius 3 is 2.17 bits per heavy atom. The van der Waals surface area contributed by atoms with Crippen molar-refractivity contribution < 1.29 is 37.7 Å². The quantitative estimate of drug-likeness (QED) is 0.214. The summed E-state index contributed by atoms with van der Waals surface area (Å²) in [7, 11) is -2.58. The second kappa shape index (κ2) is 11.9. The molecule has 214 valence electrons. The summed E-state index contributed by atoms with van der Waals surface area (Å²) in [5.41, 5.74) is 2.92. The molecule has 0 radical (unpaired) electrons. The zero-order valence-corrected chi connectivity index (χ0v) is 23.9. The molecule has 0 aliphatic rings. The molecular weight excluding hydrogens is 546 g/mol. The molecule has 3 N–H and O–H groups in total. The Bertz CT molecular complexity index is 1730. The Kier molecular flexibility index (Phi) is 8.53. The number of benzene rings is 4. The van der Waals surface area contributed by atoms with Crippen LogP contribution in [0.25, 0.3) is 10.8 Å². The lowest BCUT2D eigenvalue weighted by Gasteiger charge is -2.19. The molecule has 9 nitrogen and oxygen atoms in total. The molecule has 0 spiro atoms.